The normalized spacial score (nSPS) is 15.2. The summed E-state index contributed by atoms with van der Waals surface area (Å²) >= 11 is 0. The molecule has 4 aliphatic rings. The van der Waals surface area contributed by atoms with Crippen molar-refractivity contribution in [3.63, 3.8) is 0 Å². The van der Waals surface area contributed by atoms with Gasteiger partial charge in [-0.1, -0.05) is 45.0 Å². The SMILES string of the molecule is CC(C)(C)CC(=O)N1CCCOc2ccc(cc2)CNc2nc(nc(OCC(F)(F)F)n2)Cc2ccc(cc2)C(=O)NCC1. The zero-order chi connectivity index (χ0) is 31.7. The van der Waals surface area contributed by atoms with E-state index in [1.165, 1.54) is 0 Å². The number of aromatic nitrogens is 3. The van der Waals surface area contributed by atoms with E-state index in [1.54, 1.807) is 29.2 Å². The lowest BCUT2D eigenvalue weighted by Gasteiger charge is -2.27. The van der Waals surface area contributed by atoms with Crippen molar-refractivity contribution >= 4 is 17.8 Å². The molecule has 0 unspecified atom stereocenters. The van der Waals surface area contributed by atoms with Crippen LogP contribution in [0.15, 0.2) is 48.5 Å². The standard InChI is InChI=1S/C31H37F3N6O4/c1-30(2,3)18-26(41)40-14-4-16-43-24-11-7-22(8-12-24)19-36-28-37-25(38-29(39-28)44-20-31(32,33)34)17-21-5-9-23(10-6-21)27(42)35-13-15-40/h5-12H,4,13-20H2,1-3H3,(H,35,42)(H,36,37,38,39). The fourth-order valence-corrected chi connectivity index (χ4v) is 4.39. The second-order valence-electron chi connectivity index (χ2n) is 11.7. The van der Waals surface area contributed by atoms with Crippen molar-refractivity contribution in [1.29, 1.82) is 0 Å². The molecule has 0 aliphatic carbocycles. The Morgan fingerprint density at radius 2 is 1.66 bits per heavy atom. The Hall–Kier alpha value is -4.42. The number of halogens is 3. The summed E-state index contributed by atoms with van der Waals surface area (Å²) in [5, 5.41) is 5.89. The molecule has 0 spiro atoms. The van der Waals surface area contributed by atoms with Crippen LogP contribution in [0.2, 0.25) is 0 Å². The Labute approximate surface area is 254 Å². The molecule has 0 atom stereocenters. The van der Waals surface area contributed by atoms with Crippen LogP contribution in [0.25, 0.3) is 0 Å². The van der Waals surface area contributed by atoms with Crippen LogP contribution in [0.1, 0.15) is 60.9 Å². The Kier molecular flexibility index (Phi) is 10.6. The molecule has 3 aromatic rings. The van der Waals surface area contributed by atoms with Crippen molar-refractivity contribution in [1.82, 2.24) is 25.2 Å². The maximum absolute atomic E-state index is 13.0. The van der Waals surface area contributed by atoms with Crippen LogP contribution in [0.5, 0.6) is 11.8 Å². The van der Waals surface area contributed by atoms with Gasteiger partial charge in [-0.3, -0.25) is 9.59 Å². The molecular formula is C31H37F3N6O4. The lowest BCUT2D eigenvalue weighted by molar-refractivity contribution is -0.154. The lowest BCUT2D eigenvalue weighted by atomic mass is 9.91. The van der Waals surface area contributed by atoms with Gasteiger partial charge in [0.1, 0.15) is 11.6 Å². The van der Waals surface area contributed by atoms with Gasteiger partial charge in [-0.25, -0.2) is 0 Å². The number of nitrogens with one attached hydrogen (secondary N) is 2. The maximum atomic E-state index is 13.0. The number of carbonyl (C=O) groups excluding carboxylic acids is 2. The van der Waals surface area contributed by atoms with Gasteiger partial charge < -0.3 is 25.0 Å². The van der Waals surface area contributed by atoms with Gasteiger partial charge in [0, 0.05) is 44.6 Å². The third-order valence-corrected chi connectivity index (χ3v) is 6.52. The van der Waals surface area contributed by atoms with Gasteiger partial charge >= 0.3 is 12.2 Å². The number of anilines is 1. The average Bonchev–Trinajstić information content (AvgIpc) is 2.95. The molecule has 5 heterocycles. The van der Waals surface area contributed by atoms with Crippen LogP contribution in [0, 0.1) is 5.41 Å². The third-order valence-electron chi connectivity index (χ3n) is 6.52. The third kappa shape index (κ3) is 10.7. The van der Waals surface area contributed by atoms with E-state index in [-0.39, 0.29) is 48.5 Å². The summed E-state index contributed by atoms with van der Waals surface area (Å²) in [6.07, 6.45) is -3.40. The molecular weight excluding hydrogens is 577 g/mol. The van der Waals surface area contributed by atoms with E-state index in [4.69, 9.17) is 9.47 Å². The molecule has 2 aromatic carbocycles. The largest absolute Gasteiger partial charge is 0.494 e. The highest BCUT2D eigenvalue weighted by atomic mass is 19.4. The molecule has 0 saturated carbocycles. The first kappa shape index (κ1) is 32.5. The minimum Gasteiger partial charge on any atom is -0.494 e. The first-order valence-electron chi connectivity index (χ1n) is 14.4. The molecule has 236 valence electrons. The monoisotopic (exact) mass is 614 g/mol. The molecule has 4 aliphatic heterocycles. The first-order chi connectivity index (χ1) is 20.8. The number of hydrogen-bond acceptors (Lipinski definition) is 8. The molecule has 7 rings (SSSR count). The molecule has 0 saturated heterocycles. The fourth-order valence-electron chi connectivity index (χ4n) is 4.39. The van der Waals surface area contributed by atoms with Crippen LogP contribution >= 0.6 is 0 Å². The van der Waals surface area contributed by atoms with Gasteiger partial charge in [-0.2, -0.15) is 28.1 Å². The van der Waals surface area contributed by atoms with E-state index in [0.717, 1.165) is 11.1 Å². The quantitative estimate of drug-likeness (QED) is 0.433. The number of ether oxygens (including phenoxy) is 2. The maximum Gasteiger partial charge on any atom is 0.422 e. The molecule has 0 fully saturated rings. The molecule has 0 radical (unpaired) electrons. The van der Waals surface area contributed by atoms with Crippen molar-refractivity contribution in [3.05, 3.63) is 71.0 Å². The molecule has 2 N–H and O–H groups in total. The fraction of sp³-hybridized carbons (Fsp3) is 0.452. The summed E-state index contributed by atoms with van der Waals surface area (Å²) in [5.74, 6) is 0.637. The number of benzene rings is 2. The molecule has 1 aromatic heterocycles. The Balaban J connectivity index is 1.55. The summed E-state index contributed by atoms with van der Waals surface area (Å²) in [5.41, 5.74) is 1.84. The van der Waals surface area contributed by atoms with E-state index in [0.29, 0.717) is 43.9 Å². The van der Waals surface area contributed by atoms with Crippen LogP contribution in [0.4, 0.5) is 19.1 Å². The smallest absolute Gasteiger partial charge is 0.422 e. The zero-order valence-corrected chi connectivity index (χ0v) is 25.0. The van der Waals surface area contributed by atoms with Crippen LogP contribution in [-0.2, 0) is 17.8 Å². The summed E-state index contributed by atoms with van der Waals surface area (Å²) in [6.45, 7) is 6.31. The molecule has 13 heteroatoms. The Morgan fingerprint density at radius 1 is 0.955 bits per heavy atom. The van der Waals surface area contributed by atoms with Gasteiger partial charge in [0.15, 0.2) is 6.61 Å². The van der Waals surface area contributed by atoms with Gasteiger partial charge in [0.05, 0.1) is 6.61 Å². The van der Waals surface area contributed by atoms with E-state index < -0.39 is 18.8 Å². The number of nitrogens with zero attached hydrogens (tertiary/aromatic N) is 4. The van der Waals surface area contributed by atoms with Crippen molar-refractivity contribution in [2.75, 3.05) is 38.2 Å². The highest BCUT2D eigenvalue weighted by molar-refractivity contribution is 5.94. The van der Waals surface area contributed by atoms with Gasteiger partial charge in [-0.15, -0.1) is 0 Å². The van der Waals surface area contributed by atoms with Crippen LogP contribution in [0.3, 0.4) is 0 Å². The van der Waals surface area contributed by atoms with Gasteiger partial charge in [0.25, 0.3) is 5.91 Å². The zero-order valence-electron chi connectivity index (χ0n) is 25.0. The van der Waals surface area contributed by atoms with E-state index in [1.807, 2.05) is 45.0 Å². The average molecular weight is 615 g/mol. The lowest BCUT2D eigenvalue weighted by Crippen LogP contribution is -2.40. The van der Waals surface area contributed by atoms with E-state index in [2.05, 4.69) is 25.6 Å². The van der Waals surface area contributed by atoms with Gasteiger partial charge in [-0.05, 0) is 47.2 Å². The summed E-state index contributed by atoms with van der Waals surface area (Å²) in [4.78, 5) is 40.0. The molecule has 6 bridgehead atoms. The van der Waals surface area contributed by atoms with Crippen molar-refractivity contribution < 1.29 is 32.2 Å². The number of carbonyl (C=O) groups is 2. The van der Waals surface area contributed by atoms with Crippen LogP contribution < -0.4 is 20.1 Å². The molecule has 10 nitrogen and oxygen atoms in total. The van der Waals surface area contributed by atoms with Crippen molar-refractivity contribution in [2.45, 2.75) is 52.8 Å². The Bertz CT molecular complexity index is 1410. The summed E-state index contributed by atoms with van der Waals surface area (Å²) in [7, 11) is 0. The predicted molar refractivity (Wildman–Crippen MR) is 157 cm³/mol. The van der Waals surface area contributed by atoms with Crippen molar-refractivity contribution in [2.24, 2.45) is 5.41 Å². The second kappa shape index (κ2) is 14.4. The van der Waals surface area contributed by atoms with Crippen molar-refractivity contribution in [3.8, 4) is 11.8 Å². The minimum atomic E-state index is -4.56. The van der Waals surface area contributed by atoms with Gasteiger partial charge in [0.2, 0.25) is 11.9 Å². The summed E-state index contributed by atoms with van der Waals surface area (Å²) < 4.78 is 49.1. The highest BCUT2D eigenvalue weighted by Gasteiger charge is 2.29. The second-order valence-corrected chi connectivity index (χ2v) is 11.7. The molecule has 44 heavy (non-hydrogen) atoms. The molecule has 2 amide bonds. The van der Waals surface area contributed by atoms with E-state index in [9.17, 15) is 22.8 Å². The minimum absolute atomic E-state index is 0.0193. The summed E-state index contributed by atoms with van der Waals surface area (Å²) in [6, 6.07) is 13.6. The first-order valence-corrected chi connectivity index (χ1v) is 14.4. The Morgan fingerprint density at radius 3 is 2.34 bits per heavy atom. The predicted octanol–water partition coefficient (Wildman–Crippen LogP) is 4.79. The van der Waals surface area contributed by atoms with E-state index >= 15 is 0 Å². The highest BCUT2D eigenvalue weighted by Crippen LogP contribution is 2.21. The number of rotatable bonds is 3. The topological polar surface area (TPSA) is 119 Å². The number of hydrogen-bond donors (Lipinski definition) is 2. The number of alkyl halides is 3. The van der Waals surface area contributed by atoms with Crippen LogP contribution in [-0.4, -0.2) is 70.7 Å². The number of amides is 2.